The van der Waals surface area contributed by atoms with Crippen molar-refractivity contribution in [2.24, 2.45) is 5.92 Å². The highest BCUT2D eigenvalue weighted by molar-refractivity contribution is 5.96. The molecule has 0 radical (unpaired) electrons. The molecule has 6 heteroatoms. The second kappa shape index (κ2) is 7.02. The first kappa shape index (κ1) is 18.3. The first-order valence-electron chi connectivity index (χ1n) is 8.50. The van der Waals surface area contributed by atoms with Gasteiger partial charge in [-0.3, -0.25) is 4.79 Å². The van der Waals surface area contributed by atoms with Gasteiger partial charge in [-0.2, -0.15) is 13.2 Å². The predicted octanol–water partition coefficient (Wildman–Crippen LogP) is 4.91. The second-order valence-electron chi connectivity index (χ2n) is 6.48. The van der Waals surface area contributed by atoms with Crippen molar-refractivity contribution >= 4 is 5.91 Å². The van der Waals surface area contributed by atoms with Gasteiger partial charge in [0.25, 0.3) is 5.91 Å². The Morgan fingerprint density at radius 2 is 2.00 bits per heavy atom. The smallest absolute Gasteiger partial charge is 0.416 e. The van der Waals surface area contributed by atoms with Crippen LogP contribution in [0.5, 0.6) is 5.75 Å². The molecular formula is C20H20F3NO2. The number of benzene rings is 2. The standard InChI is InChI=1S/C20H20F3NO2/c1-3-12-11-17(12)24-19(25)14-7-8-18(26-2)16(10-14)13-5-4-6-15(9-13)20(21,22)23/h4-10,12,17H,3,11H2,1-2H3,(H,24,25)/t12-,17-/m1/s1. The van der Waals surface area contributed by atoms with Crippen LogP contribution in [0.2, 0.25) is 0 Å². The topological polar surface area (TPSA) is 38.3 Å². The number of hydrogen-bond acceptors (Lipinski definition) is 2. The minimum Gasteiger partial charge on any atom is -0.496 e. The molecule has 138 valence electrons. The van der Waals surface area contributed by atoms with Gasteiger partial charge in [-0.15, -0.1) is 0 Å². The van der Waals surface area contributed by atoms with Crippen LogP contribution in [0.15, 0.2) is 42.5 Å². The Morgan fingerprint density at radius 3 is 2.62 bits per heavy atom. The number of amides is 1. The van der Waals surface area contributed by atoms with Crippen LogP contribution in [-0.4, -0.2) is 19.1 Å². The molecule has 0 saturated heterocycles. The average Bonchev–Trinajstić information content (AvgIpc) is 3.38. The maximum atomic E-state index is 13.0. The number of nitrogens with one attached hydrogen (secondary N) is 1. The lowest BCUT2D eigenvalue weighted by atomic mass is 9.99. The van der Waals surface area contributed by atoms with Gasteiger partial charge in [0.15, 0.2) is 0 Å². The molecule has 2 atom stereocenters. The Bertz CT molecular complexity index is 817. The molecule has 1 amide bonds. The van der Waals surface area contributed by atoms with Gasteiger partial charge < -0.3 is 10.1 Å². The van der Waals surface area contributed by atoms with E-state index in [-0.39, 0.29) is 11.9 Å². The molecule has 2 aromatic rings. The van der Waals surface area contributed by atoms with Gasteiger partial charge in [-0.25, -0.2) is 0 Å². The van der Waals surface area contributed by atoms with E-state index < -0.39 is 11.7 Å². The third kappa shape index (κ3) is 3.84. The molecule has 1 aliphatic rings. The summed E-state index contributed by atoms with van der Waals surface area (Å²) >= 11 is 0. The maximum Gasteiger partial charge on any atom is 0.416 e. The SMILES string of the molecule is CC[C@@H]1C[C@H]1NC(=O)c1ccc(OC)c(-c2cccc(C(F)(F)F)c2)c1. The molecule has 1 saturated carbocycles. The second-order valence-corrected chi connectivity index (χ2v) is 6.48. The Labute approximate surface area is 150 Å². The zero-order chi connectivity index (χ0) is 18.9. The van der Waals surface area contributed by atoms with Gasteiger partial charge in [-0.05, 0) is 48.2 Å². The third-order valence-electron chi connectivity index (χ3n) is 4.73. The molecule has 0 aromatic heterocycles. The van der Waals surface area contributed by atoms with Crippen molar-refractivity contribution in [3.63, 3.8) is 0 Å². The summed E-state index contributed by atoms with van der Waals surface area (Å²) in [4.78, 5) is 12.4. The highest BCUT2D eigenvalue weighted by Gasteiger charge is 2.36. The van der Waals surface area contributed by atoms with Crippen molar-refractivity contribution in [1.29, 1.82) is 0 Å². The van der Waals surface area contributed by atoms with Gasteiger partial charge in [0.05, 0.1) is 12.7 Å². The van der Waals surface area contributed by atoms with E-state index in [4.69, 9.17) is 4.74 Å². The van der Waals surface area contributed by atoms with Crippen molar-refractivity contribution in [1.82, 2.24) is 5.32 Å². The minimum atomic E-state index is -4.43. The average molecular weight is 363 g/mol. The summed E-state index contributed by atoms with van der Waals surface area (Å²) in [6.45, 7) is 2.08. The Kier molecular flexibility index (Phi) is 4.94. The fourth-order valence-electron chi connectivity index (χ4n) is 3.07. The van der Waals surface area contributed by atoms with Crippen LogP contribution in [0, 0.1) is 5.92 Å². The molecule has 2 aromatic carbocycles. The van der Waals surface area contributed by atoms with Crippen molar-refractivity contribution < 1.29 is 22.7 Å². The summed E-state index contributed by atoms with van der Waals surface area (Å²) in [5, 5.41) is 2.96. The molecule has 1 N–H and O–H groups in total. The molecule has 26 heavy (non-hydrogen) atoms. The van der Waals surface area contributed by atoms with E-state index in [9.17, 15) is 18.0 Å². The first-order valence-corrected chi connectivity index (χ1v) is 8.50. The lowest BCUT2D eigenvalue weighted by molar-refractivity contribution is -0.137. The molecule has 0 unspecified atom stereocenters. The highest BCUT2D eigenvalue weighted by atomic mass is 19.4. The number of rotatable bonds is 5. The Morgan fingerprint density at radius 1 is 1.23 bits per heavy atom. The number of alkyl halides is 3. The van der Waals surface area contributed by atoms with E-state index in [0.29, 0.717) is 28.4 Å². The number of ether oxygens (including phenoxy) is 1. The monoisotopic (exact) mass is 363 g/mol. The van der Waals surface area contributed by atoms with Gasteiger partial charge in [0.1, 0.15) is 5.75 Å². The lowest BCUT2D eigenvalue weighted by Crippen LogP contribution is -2.26. The molecule has 1 fully saturated rings. The molecule has 0 spiro atoms. The minimum absolute atomic E-state index is 0.187. The molecular weight excluding hydrogens is 343 g/mol. The largest absolute Gasteiger partial charge is 0.496 e. The number of methoxy groups -OCH3 is 1. The van der Waals surface area contributed by atoms with Gasteiger partial charge >= 0.3 is 6.18 Å². The van der Waals surface area contributed by atoms with Crippen LogP contribution in [-0.2, 0) is 6.18 Å². The first-order chi connectivity index (χ1) is 12.3. The Balaban J connectivity index is 1.92. The summed E-state index contributed by atoms with van der Waals surface area (Å²) in [6, 6.07) is 9.99. The van der Waals surface area contributed by atoms with Crippen LogP contribution >= 0.6 is 0 Å². The van der Waals surface area contributed by atoms with E-state index in [1.54, 1.807) is 24.3 Å². The van der Waals surface area contributed by atoms with Gasteiger partial charge in [0.2, 0.25) is 0 Å². The fraction of sp³-hybridized carbons (Fsp3) is 0.350. The maximum absolute atomic E-state index is 13.0. The molecule has 0 aliphatic heterocycles. The predicted molar refractivity (Wildman–Crippen MR) is 93.1 cm³/mol. The number of carbonyl (C=O) groups excluding carboxylic acids is 1. The summed E-state index contributed by atoms with van der Waals surface area (Å²) in [5.41, 5.74) is 0.467. The summed E-state index contributed by atoms with van der Waals surface area (Å²) in [5.74, 6) is 0.709. The van der Waals surface area contributed by atoms with E-state index in [0.717, 1.165) is 25.0 Å². The fourth-order valence-corrected chi connectivity index (χ4v) is 3.07. The number of carbonyl (C=O) groups is 1. The summed E-state index contributed by atoms with van der Waals surface area (Å²) in [7, 11) is 1.45. The lowest BCUT2D eigenvalue weighted by Gasteiger charge is -2.13. The van der Waals surface area contributed by atoms with E-state index in [1.165, 1.54) is 13.2 Å². The zero-order valence-electron chi connectivity index (χ0n) is 14.6. The molecule has 0 bridgehead atoms. The van der Waals surface area contributed by atoms with Crippen LogP contribution in [0.1, 0.15) is 35.7 Å². The van der Waals surface area contributed by atoms with Crippen LogP contribution in [0.25, 0.3) is 11.1 Å². The number of hydrogen-bond donors (Lipinski definition) is 1. The molecule has 3 nitrogen and oxygen atoms in total. The highest BCUT2D eigenvalue weighted by Crippen LogP contribution is 2.36. The molecule has 0 heterocycles. The van der Waals surface area contributed by atoms with Crippen molar-refractivity contribution in [2.75, 3.05) is 7.11 Å². The molecule has 3 rings (SSSR count). The van der Waals surface area contributed by atoms with E-state index >= 15 is 0 Å². The number of halogens is 3. The molecule has 1 aliphatic carbocycles. The quantitative estimate of drug-likeness (QED) is 0.820. The van der Waals surface area contributed by atoms with E-state index in [2.05, 4.69) is 12.2 Å². The van der Waals surface area contributed by atoms with Crippen molar-refractivity contribution in [2.45, 2.75) is 32.0 Å². The van der Waals surface area contributed by atoms with Crippen LogP contribution in [0.3, 0.4) is 0 Å². The van der Waals surface area contributed by atoms with Crippen molar-refractivity contribution in [3.05, 3.63) is 53.6 Å². The normalized spacial score (nSPS) is 19.1. The van der Waals surface area contributed by atoms with Crippen LogP contribution < -0.4 is 10.1 Å². The van der Waals surface area contributed by atoms with Crippen LogP contribution in [0.4, 0.5) is 13.2 Å². The van der Waals surface area contributed by atoms with Crippen molar-refractivity contribution in [3.8, 4) is 16.9 Å². The third-order valence-corrected chi connectivity index (χ3v) is 4.73. The van der Waals surface area contributed by atoms with E-state index in [1.807, 2.05) is 0 Å². The Hall–Kier alpha value is -2.50. The summed E-state index contributed by atoms with van der Waals surface area (Å²) < 4.78 is 44.3. The summed E-state index contributed by atoms with van der Waals surface area (Å²) in [6.07, 6.45) is -2.44. The van der Waals surface area contributed by atoms with Gasteiger partial charge in [0, 0.05) is 17.2 Å². The zero-order valence-corrected chi connectivity index (χ0v) is 14.6. The van der Waals surface area contributed by atoms with Gasteiger partial charge in [-0.1, -0.05) is 25.5 Å².